The van der Waals surface area contributed by atoms with Gasteiger partial charge >= 0.3 is 0 Å². The Bertz CT molecular complexity index is 611. The van der Waals surface area contributed by atoms with Crippen molar-refractivity contribution in [2.24, 2.45) is 0 Å². The van der Waals surface area contributed by atoms with Gasteiger partial charge in [-0.2, -0.15) is 0 Å². The number of benzene rings is 1. The number of methoxy groups -OCH3 is 1. The van der Waals surface area contributed by atoms with Crippen LogP contribution in [0.4, 0.5) is 0 Å². The number of terminal acetylenes is 1. The quantitative estimate of drug-likeness (QED) is 0.512. The standard InChI is InChI=1S/C17H20N2O4/c1-3-11-17(23-2)12-14(19(21)22)9-10-15(17)18-16(20)13-7-5-4-6-8-13/h1,4-8,14-15H,9-12H2,2H3,(H,18,20)/t14?,15-,17-/m0/s1. The second-order valence-electron chi connectivity index (χ2n) is 5.76. The highest BCUT2D eigenvalue weighted by molar-refractivity contribution is 5.94. The molecule has 1 aromatic rings. The minimum Gasteiger partial charge on any atom is -0.375 e. The van der Waals surface area contributed by atoms with Crippen LogP contribution in [0.25, 0.3) is 0 Å². The fraction of sp³-hybridized carbons (Fsp3) is 0.471. The van der Waals surface area contributed by atoms with Gasteiger partial charge in [0.2, 0.25) is 6.04 Å². The smallest absolute Gasteiger partial charge is 0.251 e. The molecular formula is C17H20N2O4. The first-order valence-corrected chi connectivity index (χ1v) is 7.50. The van der Waals surface area contributed by atoms with Crippen LogP contribution in [0, 0.1) is 22.5 Å². The van der Waals surface area contributed by atoms with E-state index in [0.717, 1.165) is 0 Å². The first-order chi connectivity index (χ1) is 11.0. The topological polar surface area (TPSA) is 81.5 Å². The summed E-state index contributed by atoms with van der Waals surface area (Å²) < 4.78 is 5.59. The van der Waals surface area contributed by atoms with E-state index < -0.39 is 11.6 Å². The van der Waals surface area contributed by atoms with E-state index in [0.29, 0.717) is 18.4 Å². The van der Waals surface area contributed by atoms with Crippen molar-refractivity contribution < 1.29 is 14.5 Å². The largest absolute Gasteiger partial charge is 0.375 e. The number of ether oxygens (including phenoxy) is 1. The molecule has 6 heteroatoms. The molecule has 1 saturated carbocycles. The zero-order valence-electron chi connectivity index (χ0n) is 13.0. The Morgan fingerprint density at radius 1 is 1.48 bits per heavy atom. The average Bonchev–Trinajstić information content (AvgIpc) is 2.57. The van der Waals surface area contributed by atoms with E-state index in [4.69, 9.17) is 11.2 Å². The molecule has 2 rings (SSSR count). The zero-order valence-corrected chi connectivity index (χ0v) is 13.0. The highest BCUT2D eigenvalue weighted by Gasteiger charge is 2.48. The van der Waals surface area contributed by atoms with Gasteiger partial charge in [0.1, 0.15) is 5.60 Å². The summed E-state index contributed by atoms with van der Waals surface area (Å²) in [7, 11) is 1.49. The third-order valence-corrected chi connectivity index (χ3v) is 4.45. The number of hydrogen-bond acceptors (Lipinski definition) is 4. The van der Waals surface area contributed by atoms with Crippen molar-refractivity contribution in [1.82, 2.24) is 5.32 Å². The summed E-state index contributed by atoms with van der Waals surface area (Å²) in [6, 6.07) is 7.77. The molecule has 23 heavy (non-hydrogen) atoms. The van der Waals surface area contributed by atoms with Gasteiger partial charge in [0.25, 0.3) is 5.91 Å². The minimum atomic E-state index is -0.908. The van der Waals surface area contributed by atoms with E-state index in [1.807, 2.05) is 6.07 Å². The molecule has 1 amide bonds. The molecule has 0 aromatic heterocycles. The summed E-state index contributed by atoms with van der Waals surface area (Å²) in [5.74, 6) is 2.30. The van der Waals surface area contributed by atoms with Crippen LogP contribution in [0.15, 0.2) is 30.3 Å². The van der Waals surface area contributed by atoms with Crippen molar-refractivity contribution in [3.8, 4) is 12.3 Å². The number of carbonyl (C=O) groups is 1. The van der Waals surface area contributed by atoms with Crippen molar-refractivity contribution in [1.29, 1.82) is 0 Å². The molecule has 0 spiro atoms. The molecule has 1 aliphatic rings. The first-order valence-electron chi connectivity index (χ1n) is 7.50. The van der Waals surface area contributed by atoms with Crippen molar-refractivity contribution in [2.45, 2.75) is 43.4 Å². The summed E-state index contributed by atoms with van der Waals surface area (Å²) in [6.07, 6.45) is 6.69. The Hall–Kier alpha value is -2.39. The molecule has 1 aromatic carbocycles. The Labute approximate surface area is 135 Å². The second kappa shape index (κ2) is 7.25. The summed E-state index contributed by atoms with van der Waals surface area (Å²) in [6.45, 7) is 0. The molecule has 122 valence electrons. The van der Waals surface area contributed by atoms with Gasteiger partial charge in [-0.1, -0.05) is 18.2 Å². The molecule has 0 saturated heterocycles. The maximum atomic E-state index is 12.4. The van der Waals surface area contributed by atoms with Crippen molar-refractivity contribution in [3.63, 3.8) is 0 Å². The van der Waals surface area contributed by atoms with Crippen LogP contribution >= 0.6 is 0 Å². The lowest BCUT2D eigenvalue weighted by Crippen LogP contribution is -2.58. The van der Waals surface area contributed by atoms with E-state index >= 15 is 0 Å². The van der Waals surface area contributed by atoms with Crippen LogP contribution in [-0.2, 0) is 4.74 Å². The van der Waals surface area contributed by atoms with Gasteiger partial charge in [0.05, 0.1) is 6.04 Å². The summed E-state index contributed by atoms with van der Waals surface area (Å²) in [4.78, 5) is 23.2. The Balaban J connectivity index is 2.20. The van der Waals surface area contributed by atoms with Crippen molar-refractivity contribution >= 4 is 5.91 Å². The number of carbonyl (C=O) groups excluding carboxylic acids is 1. The molecule has 6 nitrogen and oxygen atoms in total. The lowest BCUT2D eigenvalue weighted by atomic mass is 9.75. The lowest BCUT2D eigenvalue weighted by molar-refractivity contribution is -0.531. The molecule has 0 bridgehead atoms. The number of amides is 1. The van der Waals surface area contributed by atoms with Gasteiger partial charge in [-0.15, -0.1) is 12.3 Å². The van der Waals surface area contributed by atoms with Crippen LogP contribution in [0.3, 0.4) is 0 Å². The van der Waals surface area contributed by atoms with Gasteiger partial charge < -0.3 is 10.1 Å². The summed E-state index contributed by atoms with van der Waals surface area (Å²) >= 11 is 0. The monoisotopic (exact) mass is 316 g/mol. The number of hydrogen-bond donors (Lipinski definition) is 1. The lowest BCUT2D eigenvalue weighted by Gasteiger charge is -2.42. The van der Waals surface area contributed by atoms with E-state index in [-0.39, 0.29) is 29.7 Å². The highest BCUT2D eigenvalue weighted by atomic mass is 16.6. The number of rotatable bonds is 5. The number of nitrogens with one attached hydrogen (secondary N) is 1. The zero-order chi connectivity index (χ0) is 16.9. The number of nitro groups is 1. The van der Waals surface area contributed by atoms with Crippen LogP contribution in [0.2, 0.25) is 0 Å². The normalized spacial score (nSPS) is 27.0. The second-order valence-corrected chi connectivity index (χ2v) is 5.76. The van der Waals surface area contributed by atoms with Gasteiger partial charge in [-0.05, 0) is 18.6 Å². The van der Waals surface area contributed by atoms with Gasteiger partial charge in [0.15, 0.2) is 0 Å². The van der Waals surface area contributed by atoms with Crippen LogP contribution < -0.4 is 5.32 Å². The predicted molar refractivity (Wildman–Crippen MR) is 85.5 cm³/mol. The van der Waals surface area contributed by atoms with Crippen LogP contribution in [0.1, 0.15) is 36.0 Å². The molecule has 0 aliphatic heterocycles. The maximum absolute atomic E-state index is 12.4. The van der Waals surface area contributed by atoms with E-state index in [1.165, 1.54) is 7.11 Å². The Morgan fingerprint density at radius 2 is 2.17 bits per heavy atom. The predicted octanol–water partition coefficient (Wildman–Crippen LogP) is 2.02. The van der Waals surface area contributed by atoms with Crippen LogP contribution in [-0.4, -0.2) is 35.6 Å². The van der Waals surface area contributed by atoms with Gasteiger partial charge in [-0.3, -0.25) is 14.9 Å². The third kappa shape index (κ3) is 3.69. The van der Waals surface area contributed by atoms with Crippen LogP contribution in [0.5, 0.6) is 0 Å². The molecule has 1 unspecified atom stereocenters. The summed E-state index contributed by atoms with van der Waals surface area (Å²) in [5, 5.41) is 14.1. The summed E-state index contributed by atoms with van der Waals surface area (Å²) in [5.41, 5.74) is -0.371. The highest BCUT2D eigenvalue weighted by Crippen LogP contribution is 2.35. The Morgan fingerprint density at radius 3 is 2.74 bits per heavy atom. The average molecular weight is 316 g/mol. The van der Waals surface area contributed by atoms with E-state index in [2.05, 4.69) is 11.2 Å². The Kier molecular flexibility index (Phi) is 5.35. The third-order valence-electron chi connectivity index (χ3n) is 4.45. The SMILES string of the molecule is C#CC[C@]1(OC)CC([N+](=O)[O-])CC[C@@H]1NC(=O)c1ccccc1. The number of nitrogens with zero attached hydrogens (tertiary/aromatic N) is 1. The fourth-order valence-corrected chi connectivity index (χ4v) is 3.15. The molecular weight excluding hydrogens is 296 g/mol. The molecule has 0 radical (unpaired) electrons. The maximum Gasteiger partial charge on any atom is 0.251 e. The molecule has 1 N–H and O–H groups in total. The van der Waals surface area contributed by atoms with Crippen molar-refractivity contribution in [3.05, 3.63) is 46.0 Å². The molecule has 0 heterocycles. The fourth-order valence-electron chi connectivity index (χ4n) is 3.15. The molecule has 1 fully saturated rings. The van der Waals surface area contributed by atoms with Gasteiger partial charge in [0, 0.05) is 36.9 Å². The van der Waals surface area contributed by atoms with E-state index in [9.17, 15) is 14.9 Å². The molecule has 1 aliphatic carbocycles. The van der Waals surface area contributed by atoms with E-state index in [1.54, 1.807) is 24.3 Å². The molecule has 3 atom stereocenters. The minimum absolute atomic E-state index is 0.195. The first kappa shape index (κ1) is 17.0. The van der Waals surface area contributed by atoms with Crippen molar-refractivity contribution in [2.75, 3.05) is 7.11 Å². The van der Waals surface area contributed by atoms with Gasteiger partial charge in [-0.25, -0.2) is 0 Å².